The van der Waals surface area contributed by atoms with Crippen LogP contribution >= 0.6 is 22.9 Å². The smallest absolute Gasteiger partial charge is 0.255 e. The number of nitrogens with one attached hydrogen (secondary N) is 1. The zero-order valence-electron chi connectivity index (χ0n) is 12.8. The quantitative estimate of drug-likeness (QED) is 0.847. The Morgan fingerprint density at radius 1 is 1.54 bits per heavy atom. The van der Waals surface area contributed by atoms with Gasteiger partial charge in [-0.25, -0.2) is 4.98 Å². The van der Waals surface area contributed by atoms with Gasteiger partial charge < -0.3 is 19.9 Å². The number of phenolic OH excluding ortho intramolecular Hbond substituents is 1. The highest BCUT2D eigenvalue weighted by molar-refractivity contribution is 7.07. The summed E-state index contributed by atoms with van der Waals surface area (Å²) in [6.07, 6.45) is 0.376. The Morgan fingerprint density at radius 2 is 2.42 bits per heavy atom. The molecule has 1 saturated heterocycles. The normalized spacial score (nSPS) is 20.7. The van der Waals surface area contributed by atoms with Crippen LogP contribution < -0.4 is 5.32 Å². The van der Waals surface area contributed by atoms with Crippen LogP contribution in [0.3, 0.4) is 0 Å². The van der Waals surface area contributed by atoms with Crippen LogP contribution in [0.2, 0.25) is 5.02 Å². The zero-order valence-corrected chi connectivity index (χ0v) is 14.3. The third-order valence-electron chi connectivity index (χ3n) is 3.75. The third kappa shape index (κ3) is 4.24. The van der Waals surface area contributed by atoms with Gasteiger partial charge in [0.25, 0.3) is 5.91 Å². The van der Waals surface area contributed by atoms with Gasteiger partial charge in [-0.15, -0.1) is 11.3 Å². The number of phenols is 1. The first-order valence-corrected chi connectivity index (χ1v) is 8.81. The number of aromatic hydroxyl groups is 1. The molecule has 128 valence electrons. The summed E-state index contributed by atoms with van der Waals surface area (Å²) < 4.78 is 11.3. The summed E-state index contributed by atoms with van der Waals surface area (Å²) >= 11 is 7.30. The van der Waals surface area contributed by atoms with Crippen LogP contribution in [0, 0.1) is 0 Å². The van der Waals surface area contributed by atoms with Crippen LogP contribution in [0.15, 0.2) is 29.1 Å². The van der Waals surface area contributed by atoms with Gasteiger partial charge in [-0.05, 0) is 24.6 Å². The van der Waals surface area contributed by atoms with Crippen LogP contribution in [0.25, 0.3) is 0 Å². The minimum absolute atomic E-state index is 0.146. The molecule has 0 saturated carbocycles. The van der Waals surface area contributed by atoms with E-state index in [1.54, 1.807) is 11.6 Å². The number of hydrogen-bond donors (Lipinski definition) is 2. The highest BCUT2D eigenvalue weighted by Gasteiger charge is 2.29. The van der Waals surface area contributed by atoms with Crippen molar-refractivity contribution in [3.05, 3.63) is 45.4 Å². The van der Waals surface area contributed by atoms with Crippen molar-refractivity contribution in [1.82, 2.24) is 10.3 Å². The van der Waals surface area contributed by atoms with Gasteiger partial charge in [0, 0.05) is 17.0 Å². The number of carbonyl (C=O) groups excluding carboxylic acids is 1. The first-order valence-electron chi connectivity index (χ1n) is 7.49. The fourth-order valence-corrected chi connectivity index (χ4v) is 3.19. The predicted molar refractivity (Wildman–Crippen MR) is 90.5 cm³/mol. The molecule has 1 aliphatic rings. The van der Waals surface area contributed by atoms with Crippen LogP contribution in [-0.4, -0.2) is 41.4 Å². The molecule has 2 N–H and O–H groups in total. The number of aromatic nitrogens is 1. The summed E-state index contributed by atoms with van der Waals surface area (Å²) in [5.41, 5.74) is 2.79. The van der Waals surface area contributed by atoms with E-state index >= 15 is 0 Å². The second kappa shape index (κ2) is 7.94. The molecule has 2 heterocycles. The largest absolute Gasteiger partial charge is 0.507 e. The molecular formula is C16H17ClN2O4S. The fraction of sp³-hybridized carbons (Fsp3) is 0.375. The molecule has 1 aliphatic heterocycles. The number of thiazole rings is 1. The molecule has 0 aliphatic carbocycles. The molecule has 0 bridgehead atoms. The maximum atomic E-state index is 12.4. The van der Waals surface area contributed by atoms with Crippen molar-refractivity contribution < 1.29 is 19.4 Å². The summed E-state index contributed by atoms with van der Waals surface area (Å²) in [5.74, 6) is -0.509. The average Bonchev–Trinajstić information content (AvgIpc) is 3.07. The van der Waals surface area contributed by atoms with Crippen molar-refractivity contribution in [2.75, 3.05) is 13.2 Å². The van der Waals surface area contributed by atoms with Crippen LogP contribution in [0.1, 0.15) is 22.5 Å². The lowest BCUT2D eigenvalue weighted by Gasteiger charge is -2.32. The molecule has 0 radical (unpaired) electrons. The van der Waals surface area contributed by atoms with E-state index in [9.17, 15) is 9.90 Å². The second-order valence-corrected chi connectivity index (χ2v) is 6.59. The lowest BCUT2D eigenvalue weighted by molar-refractivity contribution is -0.0742. The lowest BCUT2D eigenvalue weighted by Crippen LogP contribution is -2.50. The first-order chi connectivity index (χ1) is 11.6. The Labute approximate surface area is 148 Å². The molecule has 1 aromatic heterocycles. The number of rotatable bonds is 5. The van der Waals surface area contributed by atoms with Crippen molar-refractivity contribution in [3.63, 3.8) is 0 Å². The molecule has 0 unspecified atom stereocenters. The Bertz CT molecular complexity index is 695. The number of hydrogen-bond acceptors (Lipinski definition) is 6. The Morgan fingerprint density at radius 3 is 3.17 bits per heavy atom. The van der Waals surface area contributed by atoms with Gasteiger partial charge in [-0.2, -0.15) is 0 Å². The van der Waals surface area contributed by atoms with Gasteiger partial charge in [0.1, 0.15) is 11.9 Å². The van der Waals surface area contributed by atoms with E-state index in [4.69, 9.17) is 21.1 Å². The molecule has 24 heavy (non-hydrogen) atoms. The first kappa shape index (κ1) is 17.2. The molecule has 2 atom stereocenters. The van der Waals surface area contributed by atoms with E-state index < -0.39 is 0 Å². The standard InChI is InChI=1S/C16H17ClN2O4S/c17-10-1-2-12(14(20)5-10)16(21)19-13-3-4-22-7-15(13)23-6-11-8-24-9-18-11/h1-2,5,8-9,13,15,20H,3-4,6-7H2,(H,19,21)/t13-,15-/m1/s1. The van der Waals surface area contributed by atoms with Gasteiger partial charge in [-0.1, -0.05) is 11.6 Å². The zero-order chi connectivity index (χ0) is 16.9. The molecule has 1 fully saturated rings. The lowest BCUT2D eigenvalue weighted by atomic mass is 10.0. The van der Waals surface area contributed by atoms with E-state index in [-0.39, 0.29) is 29.4 Å². The monoisotopic (exact) mass is 368 g/mol. The topological polar surface area (TPSA) is 80.7 Å². The van der Waals surface area contributed by atoms with Gasteiger partial charge >= 0.3 is 0 Å². The summed E-state index contributed by atoms with van der Waals surface area (Å²) in [5, 5.41) is 15.1. The number of nitrogens with zero attached hydrogens (tertiary/aromatic N) is 1. The van der Waals surface area contributed by atoms with E-state index in [0.29, 0.717) is 31.3 Å². The number of benzene rings is 1. The van der Waals surface area contributed by atoms with E-state index in [1.165, 1.54) is 23.5 Å². The average molecular weight is 369 g/mol. The molecule has 8 heteroatoms. The maximum absolute atomic E-state index is 12.4. The number of halogens is 1. The van der Waals surface area contributed by atoms with E-state index in [0.717, 1.165) is 5.69 Å². The summed E-state index contributed by atoms with van der Waals surface area (Å²) in [6, 6.07) is 4.21. The van der Waals surface area contributed by atoms with E-state index in [2.05, 4.69) is 10.3 Å². The molecule has 1 aromatic carbocycles. The molecule has 0 spiro atoms. The Kier molecular flexibility index (Phi) is 5.68. The van der Waals surface area contributed by atoms with Crippen molar-refractivity contribution in [1.29, 1.82) is 0 Å². The highest BCUT2D eigenvalue weighted by Crippen LogP contribution is 2.22. The molecule has 3 rings (SSSR count). The van der Waals surface area contributed by atoms with Crippen LogP contribution in [0.5, 0.6) is 5.75 Å². The fourth-order valence-electron chi connectivity index (χ4n) is 2.49. The highest BCUT2D eigenvalue weighted by atomic mass is 35.5. The van der Waals surface area contributed by atoms with Gasteiger partial charge in [0.05, 0.1) is 36.0 Å². The number of ether oxygens (including phenoxy) is 2. The van der Waals surface area contributed by atoms with Crippen molar-refractivity contribution in [2.45, 2.75) is 25.2 Å². The number of amides is 1. The second-order valence-electron chi connectivity index (χ2n) is 5.43. The van der Waals surface area contributed by atoms with Gasteiger partial charge in [0.2, 0.25) is 0 Å². The predicted octanol–water partition coefficient (Wildman–Crippen LogP) is 2.61. The Balaban J connectivity index is 1.63. The van der Waals surface area contributed by atoms with Crippen molar-refractivity contribution >= 4 is 28.8 Å². The number of carbonyl (C=O) groups is 1. The molecule has 6 nitrogen and oxygen atoms in total. The molecular weight excluding hydrogens is 352 g/mol. The summed E-state index contributed by atoms with van der Waals surface area (Å²) in [7, 11) is 0. The molecule has 2 aromatic rings. The van der Waals surface area contributed by atoms with Crippen LogP contribution in [-0.2, 0) is 16.1 Å². The van der Waals surface area contributed by atoms with Gasteiger partial charge in [0.15, 0.2) is 0 Å². The van der Waals surface area contributed by atoms with Crippen molar-refractivity contribution in [3.8, 4) is 5.75 Å². The van der Waals surface area contributed by atoms with Gasteiger partial charge in [-0.3, -0.25) is 4.79 Å². The maximum Gasteiger partial charge on any atom is 0.255 e. The third-order valence-corrected chi connectivity index (χ3v) is 4.62. The van der Waals surface area contributed by atoms with Crippen molar-refractivity contribution in [2.24, 2.45) is 0 Å². The SMILES string of the molecule is O=C(N[C@@H]1CCOC[C@H]1OCc1cscn1)c1ccc(Cl)cc1O. The summed E-state index contributed by atoms with van der Waals surface area (Å²) in [4.78, 5) is 16.6. The minimum atomic E-state index is -0.363. The molecule has 1 amide bonds. The van der Waals surface area contributed by atoms with E-state index in [1.807, 2.05) is 5.38 Å². The minimum Gasteiger partial charge on any atom is -0.507 e. The summed E-state index contributed by atoms with van der Waals surface area (Å²) in [6.45, 7) is 1.33. The Hall–Kier alpha value is -1.67. The van der Waals surface area contributed by atoms with Crippen LogP contribution in [0.4, 0.5) is 0 Å².